The molecule has 4 nitrogen and oxygen atoms in total. The molecule has 0 radical (unpaired) electrons. The second kappa shape index (κ2) is 4.20. The summed E-state index contributed by atoms with van der Waals surface area (Å²) in [5.74, 6) is 0.112. The topological polar surface area (TPSA) is 55.4 Å². The van der Waals surface area contributed by atoms with E-state index in [0.29, 0.717) is 0 Å². The van der Waals surface area contributed by atoms with Crippen LogP contribution in [0.3, 0.4) is 0 Å². The highest BCUT2D eigenvalue weighted by atomic mass is 32.2. The highest BCUT2D eigenvalue weighted by molar-refractivity contribution is 7.86. The van der Waals surface area contributed by atoms with E-state index in [1.54, 1.807) is 6.92 Å². The molecule has 1 rings (SSSR count). The average Bonchev–Trinajstić information content (AvgIpc) is 2.38. The van der Waals surface area contributed by atoms with Crippen molar-refractivity contribution < 1.29 is 12.6 Å². The Balaban J connectivity index is 2.38. The molecule has 0 aromatic carbocycles. The summed E-state index contributed by atoms with van der Waals surface area (Å²) in [6.45, 7) is 2.83. The van der Waals surface area contributed by atoms with Crippen molar-refractivity contribution in [1.82, 2.24) is 5.32 Å². The summed E-state index contributed by atoms with van der Waals surface area (Å²) in [7, 11) is -3.28. The predicted octanol–water partition coefficient (Wildman–Crippen LogP) is 0.105. The molecule has 1 atom stereocenters. The normalized spacial score (nSPS) is 24.6. The van der Waals surface area contributed by atoms with Crippen LogP contribution in [0.25, 0.3) is 0 Å². The molecule has 12 heavy (non-hydrogen) atoms. The van der Waals surface area contributed by atoms with Gasteiger partial charge in [-0.25, -0.2) is 0 Å². The molecule has 0 spiro atoms. The zero-order valence-electron chi connectivity index (χ0n) is 7.25. The van der Waals surface area contributed by atoms with Crippen LogP contribution >= 0.6 is 0 Å². The molecule has 1 fully saturated rings. The predicted molar refractivity (Wildman–Crippen MR) is 46.4 cm³/mol. The van der Waals surface area contributed by atoms with Gasteiger partial charge < -0.3 is 5.32 Å². The fourth-order valence-electron chi connectivity index (χ4n) is 1.37. The average molecular weight is 193 g/mol. The zero-order chi connectivity index (χ0) is 9.03. The van der Waals surface area contributed by atoms with E-state index < -0.39 is 10.1 Å². The van der Waals surface area contributed by atoms with E-state index in [1.807, 2.05) is 0 Å². The smallest absolute Gasteiger partial charge is 0.268 e. The minimum Gasteiger partial charge on any atom is -0.313 e. The Bertz CT molecular complexity index is 219. The molecular formula is C7H15NO3S. The summed E-state index contributed by atoms with van der Waals surface area (Å²) in [6.07, 6.45) is 2.00. The maximum Gasteiger partial charge on any atom is 0.268 e. The minimum absolute atomic E-state index is 0.0987. The van der Waals surface area contributed by atoms with Gasteiger partial charge >= 0.3 is 0 Å². The summed E-state index contributed by atoms with van der Waals surface area (Å²) in [4.78, 5) is 0. The molecule has 0 aromatic rings. The van der Waals surface area contributed by atoms with Crippen molar-refractivity contribution in [3.63, 3.8) is 0 Å². The third-order valence-corrected chi connectivity index (χ3v) is 3.27. The maximum absolute atomic E-state index is 11.1. The molecule has 72 valence electrons. The number of nitrogens with one attached hydrogen (secondary N) is 1. The monoisotopic (exact) mass is 193 g/mol. The SMILES string of the molecule is CCOS(=O)(=O)CC1CCCN1. The van der Waals surface area contributed by atoms with Crippen molar-refractivity contribution in [3.8, 4) is 0 Å². The molecule has 0 aromatic heterocycles. The Morgan fingerprint density at radius 3 is 2.83 bits per heavy atom. The first-order chi connectivity index (χ1) is 5.64. The van der Waals surface area contributed by atoms with Gasteiger partial charge in [-0.2, -0.15) is 8.42 Å². The van der Waals surface area contributed by atoms with E-state index in [9.17, 15) is 8.42 Å². The van der Waals surface area contributed by atoms with Gasteiger partial charge in [0, 0.05) is 6.04 Å². The van der Waals surface area contributed by atoms with Crippen LogP contribution in [0.2, 0.25) is 0 Å². The Kier molecular flexibility index (Phi) is 3.49. The standard InChI is InChI=1S/C7H15NO3S/c1-2-11-12(9,10)6-7-4-3-5-8-7/h7-8H,2-6H2,1H3. The fourth-order valence-corrected chi connectivity index (χ4v) is 2.61. The summed E-state index contributed by atoms with van der Waals surface area (Å²) < 4.78 is 26.9. The first-order valence-electron chi connectivity index (χ1n) is 4.24. The molecule has 1 N–H and O–H groups in total. The van der Waals surface area contributed by atoms with E-state index in [4.69, 9.17) is 0 Å². The van der Waals surface area contributed by atoms with Crippen molar-refractivity contribution in [2.24, 2.45) is 0 Å². The molecule has 1 unspecified atom stereocenters. The Hall–Kier alpha value is -0.130. The molecule has 0 saturated carbocycles. The lowest BCUT2D eigenvalue weighted by Gasteiger charge is -2.09. The molecule has 0 bridgehead atoms. The second-order valence-electron chi connectivity index (χ2n) is 2.92. The van der Waals surface area contributed by atoms with Gasteiger partial charge in [0.05, 0.1) is 12.4 Å². The van der Waals surface area contributed by atoms with Crippen LogP contribution in [-0.2, 0) is 14.3 Å². The molecule has 1 saturated heterocycles. The van der Waals surface area contributed by atoms with E-state index in [1.165, 1.54) is 0 Å². The largest absolute Gasteiger partial charge is 0.313 e. The van der Waals surface area contributed by atoms with Crippen LogP contribution in [0.4, 0.5) is 0 Å². The van der Waals surface area contributed by atoms with Gasteiger partial charge in [-0.05, 0) is 26.3 Å². The van der Waals surface area contributed by atoms with Crippen LogP contribution in [0, 0.1) is 0 Å². The number of hydrogen-bond acceptors (Lipinski definition) is 4. The van der Waals surface area contributed by atoms with Crippen molar-refractivity contribution in [1.29, 1.82) is 0 Å². The molecule has 1 heterocycles. The minimum atomic E-state index is -3.28. The van der Waals surface area contributed by atoms with Crippen molar-refractivity contribution in [2.45, 2.75) is 25.8 Å². The lowest BCUT2D eigenvalue weighted by molar-refractivity contribution is 0.335. The number of hydrogen-bond donors (Lipinski definition) is 1. The molecular weight excluding hydrogens is 178 g/mol. The van der Waals surface area contributed by atoms with E-state index in [2.05, 4.69) is 9.50 Å². The molecule has 5 heteroatoms. The highest BCUT2D eigenvalue weighted by Crippen LogP contribution is 2.08. The van der Waals surface area contributed by atoms with E-state index in [-0.39, 0.29) is 18.4 Å². The van der Waals surface area contributed by atoms with Crippen LogP contribution < -0.4 is 5.32 Å². The van der Waals surface area contributed by atoms with Crippen LogP contribution in [0.15, 0.2) is 0 Å². The van der Waals surface area contributed by atoms with Gasteiger partial charge in [0.25, 0.3) is 10.1 Å². The Labute approximate surface area is 73.4 Å². The first kappa shape index (κ1) is 9.95. The van der Waals surface area contributed by atoms with Crippen LogP contribution in [0.5, 0.6) is 0 Å². The first-order valence-corrected chi connectivity index (χ1v) is 5.82. The van der Waals surface area contributed by atoms with Crippen LogP contribution in [0.1, 0.15) is 19.8 Å². The van der Waals surface area contributed by atoms with E-state index >= 15 is 0 Å². The van der Waals surface area contributed by atoms with E-state index in [0.717, 1.165) is 19.4 Å². The van der Waals surface area contributed by atoms with Crippen molar-refractivity contribution >= 4 is 10.1 Å². The van der Waals surface area contributed by atoms with Gasteiger partial charge in [0.1, 0.15) is 0 Å². The lowest BCUT2D eigenvalue weighted by atomic mass is 10.3. The molecule has 1 aliphatic rings. The van der Waals surface area contributed by atoms with Gasteiger partial charge in [-0.1, -0.05) is 0 Å². The van der Waals surface area contributed by atoms with Crippen LogP contribution in [-0.4, -0.2) is 33.4 Å². The summed E-state index contributed by atoms with van der Waals surface area (Å²) in [5.41, 5.74) is 0. The van der Waals surface area contributed by atoms with Gasteiger partial charge in [-0.3, -0.25) is 4.18 Å². The number of rotatable bonds is 4. The molecule has 0 amide bonds. The lowest BCUT2D eigenvalue weighted by Crippen LogP contribution is -2.30. The second-order valence-corrected chi connectivity index (χ2v) is 4.61. The third-order valence-electron chi connectivity index (χ3n) is 1.87. The quantitative estimate of drug-likeness (QED) is 0.644. The summed E-state index contributed by atoms with van der Waals surface area (Å²) in [5, 5.41) is 3.11. The Morgan fingerprint density at radius 1 is 1.58 bits per heavy atom. The van der Waals surface area contributed by atoms with Gasteiger partial charge in [0.2, 0.25) is 0 Å². The Morgan fingerprint density at radius 2 is 2.33 bits per heavy atom. The van der Waals surface area contributed by atoms with Gasteiger partial charge in [-0.15, -0.1) is 0 Å². The summed E-state index contributed by atoms with van der Waals surface area (Å²) >= 11 is 0. The fraction of sp³-hybridized carbons (Fsp3) is 1.00. The zero-order valence-corrected chi connectivity index (χ0v) is 8.06. The summed E-state index contributed by atoms with van der Waals surface area (Å²) in [6, 6.07) is 0.0987. The van der Waals surface area contributed by atoms with Crippen molar-refractivity contribution in [3.05, 3.63) is 0 Å². The molecule has 1 aliphatic heterocycles. The van der Waals surface area contributed by atoms with Gasteiger partial charge in [0.15, 0.2) is 0 Å². The maximum atomic E-state index is 11.1. The third kappa shape index (κ3) is 3.08. The van der Waals surface area contributed by atoms with Crippen molar-refractivity contribution in [2.75, 3.05) is 18.9 Å². The highest BCUT2D eigenvalue weighted by Gasteiger charge is 2.21. The molecule has 0 aliphatic carbocycles.